The summed E-state index contributed by atoms with van der Waals surface area (Å²) in [5, 5.41) is 8.14. The van der Waals surface area contributed by atoms with Crippen LogP contribution in [0.15, 0.2) is 54.6 Å². The van der Waals surface area contributed by atoms with Crippen molar-refractivity contribution in [3.8, 4) is 0 Å². The van der Waals surface area contributed by atoms with E-state index in [1.54, 1.807) is 6.92 Å². The van der Waals surface area contributed by atoms with Crippen LogP contribution >= 0.6 is 11.6 Å². The van der Waals surface area contributed by atoms with Crippen LogP contribution in [0, 0.1) is 24.7 Å². The Balaban J connectivity index is 1.31. The van der Waals surface area contributed by atoms with Crippen molar-refractivity contribution in [3.63, 3.8) is 0 Å². The van der Waals surface area contributed by atoms with E-state index in [0.29, 0.717) is 56.9 Å². The fraction of sp³-hybridized carbons (Fsp3) is 0.649. The first-order chi connectivity index (χ1) is 48.1. The van der Waals surface area contributed by atoms with Crippen molar-refractivity contribution < 1.29 is 70.7 Å². The Morgan fingerprint density at radius 2 is 1.29 bits per heavy atom. The molecule has 24 nitrogen and oxygen atoms in total. The smallest absolute Gasteiger partial charge is 0.347 e. The highest BCUT2D eigenvalue weighted by Crippen LogP contribution is 2.38. The van der Waals surface area contributed by atoms with E-state index in [9.17, 15) is 41.9 Å². The van der Waals surface area contributed by atoms with Crippen LogP contribution in [-0.2, 0) is 76.6 Å². The zero-order chi connectivity index (χ0) is 75.2. The number of likely N-dealkylation sites (N-methyl/N-ethyl adjacent to an activating group) is 6. The standard InChI is InChI=1S/C74H106ClF3N12O12/c1-13-48(5)63-70(100)84(9)44-61(93)88-36-20-14-15-21-37-89(62(94)45-88)58(41-50-28-26-47(4)27-29-50)69(99)83(8)43-59(91)79-54(33-31-49-30-32-52(53(75)40-49)74(76,77)78)67(97)90-38-22-25-55(90)66(96)81-73(34-18-19-35-73)72(102)87(12)64(51-23-16-17-24-51)71(101)86(11)57(68(98)82(6)7)42-60(92)85(10)56(39-46(2)3)65(95)80-63/h14-15,26-30,32,40,46,48,51,54-58,63-64H,13,16-25,31,33-39,41-45H2,1-12H3,(H,79,91)(H,80,95)(H,81,96)/b15-14-/t48-,54-,55?,56-,57-,58-,63?,64-/m0/s1. The molecule has 2 unspecified atom stereocenters. The van der Waals surface area contributed by atoms with Crippen LogP contribution in [0.25, 0.3) is 0 Å². The molecular formula is C74H106ClF3N12O12. The van der Waals surface area contributed by atoms with Crippen molar-refractivity contribution in [2.45, 2.75) is 204 Å². The minimum Gasteiger partial charge on any atom is -0.347 e. The molecule has 102 heavy (non-hydrogen) atoms. The Hall–Kier alpha value is -8.10. The number of fused-ring (bicyclic) bond motifs is 4. The van der Waals surface area contributed by atoms with Crippen LogP contribution in [0.5, 0.6) is 0 Å². The fourth-order valence-corrected chi connectivity index (χ4v) is 15.2. The third kappa shape index (κ3) is 20.2. The zero-order valence-electron chi connectivity index (χ0n) is 61.4. The highest BCUT2D eigenvalue weighted by Gasteiger charge is 2.51. The number of aryl methyl sites for hydroxylation is 2. The quantitative estimate of drug-likeness (QED) is 0.226. The average Bonchev–Trinajstić information content (AvgIpc) is 1.49. The molecule has 2 saturated carbocycles. The molecule has 2 aromatic rings. The van der Waals surface area contributed by atoms with Crippen LogP contribution in [0.4, 0.5) is 13.2 Å². The predicted octanol–water partition coefficient (Wildman–Crippen LogP) is 5.78. The monoisotopic (exact) mass is 1450 g/mol. The Morgan fingerprint density at radius 1 is 0.667 bits per heavy atom. The third-order valence-electron chi connectivity index (χ3n) is 21.1. The highest BCUT2D eigenvalue weighted by molar-refractivity contribution is 6.31. The van der Waals surface area contributed by atoms with E-state index < -0.39 is 173 Å². The number of halogens is 4. The normalized spacial score (nSPS) is 25.5. The number of nitrogens with zero attached hydrogens (tertiary/aromatic N) is 9. The molecule has 2 aromatic carbocycles. The molecule has 2 saturated heterocycles. The molecule has 2 aliphatic carbocycles. The number of benzene rings is 2. The number of carbonyl (C=O) groups is 12. The van der Waals surface area contributed by atoms with Gasteiger partial charge in [-0.1, -0.05) is 119 Å². The second-order valence-corrected chi connectivity index (χ2v) is 29.7. The van der Waals surface area contributed by atoms with Gasteiger partial charge < -0.3 is 60.0 Å². The minimum atomic E-state index is -4.77. The lowest BCUT2D eigenvalue weighted by Crippen LogP contribution is -2.65. The van der Waals surface area contributed by atoms with E-state index in [1.165, 1.54) is 94.6 Å². The van der Waals surface area contributed by atoms with E-state index >= 15 is 28.8 Å². The summed E-state index contributed by atoms with van der Waals surface area (Å²) in [5.41, 5.74) is -0.798. The van der Waals surface area contributed by atoms with E-state index in [0.717, 1.165) is 35.4 Å². The first-order valence-electron chi connectivity index (χ1n) is 36.0. The van der Waals surface area contributed by atoms with Crippen LogP contribution in [0.3, 0.4) is 0 Å². The number of hydrogen-bond donors (Lipinski definition) is 3. The Morgan fingerprint density at radius 3 is 1.90 bits per heavy atom. The summed E-state index contributed by atoms with van der Waals surface area (Å²) in [6, 6.07) is 1.45. The van der Waals surface area contributed by atoms with Crippen molar-refractivity contribution >= 4 is 82.5 Å². The first kappa shape index (κ1) is 81.2. The Bertz CT molecular complexity index is 3410. The summed E-state index contributed by atoms with van der Waals surface area (Å²) in [7, 11) is 10.0. The van der Waals surface area contributed by atoms with Gasteiger partial charge in [-0.3, -0.25) is 57.5 Å². The number of amides is 12. The largest absolute Gasteiger partial charge is 0.417 e. The number of hydrogen-bond acceptors (Lipinski definition) is 12. The molecule has 3 aliphatic heterocycles. The molecule has 0 radical (unpaired) electrons. The van der Waals surface area contributed by atoms with Gasteiger partial charge in [0.25, 0.3) is 0 Å². The van der Waals surface area contributed by atoms with Crippen molar-refractivity contribution in [2.75, 3.05) is 88.6 Å². The number of rotatable bonds is 11. The minimum absolute atomic E-state index is 0.000524. The van der Waals surface area contributed by atoms with Crippen molar-refractivity contribution in [2.24, 2.45) is 17.8 Å². The van der Waals surface area contributed by atoms with Crippen LogP contribution in [0.1, 0.15) is 153 Å². The van der Waals surface area contributed by atoms with Gasteiger partial charge in [0.15, 0.2) is 0 Å². The van der Waals surface area contributed by atoms with Gasteiger partial charge in [0.1, 0.15) is 47.8 Å². The molecule has 3 heterocycles. The molecule has 28 heteroatoms. The van der Waals surface area contributed by atoms with Crippen molar-refractivity contribution in [3.05, 3.63) is 81.9 Å². The van der Waals surface area contributed by atoms with Gasteiger partial charge in [-0.15, -0.1) is 0 Å². The summed E-state index contributed by atoms with van der Waals surface area (Å²) >= 11 is 6.17. The molecule has 562 valence electrons. The molecule has 8 atom stereocenters. The molecule has 0 aromatic heterocycles. The second-order valence-electron chi connectivity index (χ2n) is 29.3. The van der Waals surface area contributed by atoms with Crippen LogP contribution in [0.2, 0.25) is 5.02 Å². The third-order valence-corrected chi connectivity index (χ3v) is 21.4. The van der Waals surface area contributed by atoms with Gasteiger partial charge in [0.05, 0.1) is 36.6 Å². The Kier molecular flexibility index (Phi) is 28.6. The van der Waals surface area contributed by atoms with Gasteiger partial charge in [-0.25, -0.2) is 0 Å². The van der Waals surface area contributed by atoms with Gasteiger partial charge in [-0.05, 0) is 119 Å². The average molecular weight is 1450 g/mol. The lowest BCUT2D eigenvalue weighted by Gasteiger charge is -2.42. The number of nitrogens with one attached hydrogen (secondary N) is 3. The molecule has 5 aliphatic rings. The number of alkyl halides is 3. The molecule has 4 fully saturated rings. The molecular weight excluding hydrogens is 1340 g/mol. The van der Waals surface area contributed by atoms with Crippen LogP contribution < -0.4 is 16.0 Å². The Labute approximate surface area is 603 Å². The molecule has 1 spiro atoms. The number of carbonyl (C=O) groups excluding carboxylic acids is 12. The van der Waals surface area contributed by atoms with Crippen molar-refractivity contribution in [1.82, 2.24) is 60.0 Å². The zero-order valence-corrected chi connectivity index (χ0v) is 62.1. The molecule has 7 rings (SSSR count). The van der Waals surface area contributed by atoms with E-state index in [-0.39, 0.29) is 76.1 Å². The fourth-order valence-electron chi connectivity index (χ4n) is 14.8. The summed E-state index contributed by atoms with van der Waals surface area (Å²) in [6.07, 6.45) is 3.38. The summed E-state index contributed by atoms with van der Waals surface area (Å²) in [4.78, 5) is 191. The van der Waals surface area contributed by atoms with Gasteiger partial charge in [-0.2, -0.15) is 13.2 Å². The molecule has 2 bridgehead atoms. The lowest BCUT2D eigenvalue weighted by molar-refractivity contribution is -0.156. The summed E-state index contributed by atoms with van der Waals surface area (Å²) in [6.45, 7) is 7.51. The van der Waals surface area contributed by atoms with Crippen molar-refractivity contribution in [1.29, 1.82) is 0 Å². The molecule has 12 amide bonds. The van der Waals surface area contributed by atoms with E-state index in [2.05, 4.69) is 16.0 Å². The molecule has 3 N–H and O–H groups in total. The maximum atomic E-state index is 15.6. The second kappa shape index (κ2) is 35.9. The van der Waals surface area contributed by atoms with Gasteiger partial charge >= 0.3 is 6.18 Å². The maximum absolute atomic E-state index is 15.6. The van der Waals surface area contributed by atoms with E-state index in [1.807, 2.05) is 64.1 Å². The SMILES string of the molecule is CC[C@H](C)C1NC(=O)[C@H](CC(C)C)N(C)C(=O)C[C@@H](C(=O)N(C)C)N(C)C(=O)[C@H](C2CCCC2)N(C)C(=O)C2(CCCC2)NC(=O)C2CCCN2C(=O)[C@H](CCc2ccc(C(F)(F)F)c(Cl)c2)NC(=O)CN(C)C(=O)[C@H](Cc2ccc(C)cc2)N2CC/C=C\CCN(CC2=O)C(=O)CN(C)C1=O. The lowest BCUT2D eigenvalue weighted by atomic mass is 9.90. The highest BCUT2D eigenvalue weighted by atomic mass is 35.5. The first-order valence-corrected chi connectivity index (χ1v) is 36.3. The van der Waals surface area contributed by atoms with Gasteiger partial charge in [0.2, 0.25) is 70.9 Å². The van der Waals surface area contributed by atoms with Gasteiger partial charge in [0, 0.05) is 75.4 Å². The predicted molar refractivity (Wildman–Crippen MR) is 377 cm³/mol. The topological polar surface area (TPSA) is 270 Å². The maximum Gasteiger partial charge on any atom is 0.417 e. The summed E-state index contributed by atoms with van der Waals surface area (Å²) < 4.78 is 41.7. The van der Waals surface area contributed by atoms with E-state index in [4.69, 9.17) is 11.6 Å². The van der Waals surface area contributed by atoms with Crippen LogP contribution in [-0.4, -0.2) is 251 Å². The summed E-state index contributed by atoms with van der Waals surface area (Å²) in [5.74, 6) is -9.15.